The minimum Gasteiger partial charge on any atom is -0.309 e. The molecule has 0 aliphatic heterocycles. The van der Waals surface area contributed by atoms with Gasteiger partial charge in [-0.15, -0.1) is 35.4 Å². The summed E-state index contributed by atoms with van der Waals surface area (Å²) in [6.45, 7) is 4.72. The minimum absolute atomic E-state index is 0. The first-order chi connectivity index (χ1) is 24.5. The number of aromatic nitrogens is 2. The number of fused-ring (bicyclic) bond motifs is 7. The summed E-state index contributed by atoms with van der Waals surface area (Å²) >= 11 is 0. The van der Waals surface area contributed by atoms with Gasteiger partial charge in [0.05, 0.1) is 11.0 Å². The van der Waals surface area contributed by atoms with Crippen molar-refractivity contribution >= 4 is 32.6 Å². The van der Waals surface area contributed by atoms with Crippen LogP contribution in [0.1, 0.15) is 25.0 Å². The quantitative estimate of drug-likeness (QED) is 0.162. The fraction of sp³-hybridized carbons (Fsp3) is 0.0625. The molecule has 2 aromatic heterocycles. The third-order valence-electron chi connectivity index (χ3n) is 10.8. The van der Waals surface area contributed by atoms with Crippen LogP contribution < -0.4 is 0 Å². The molecule has 9 aromatic rings. The van der Waals surface area contributed by atoms with Crippen LogP contribution in [0.5, 0.6) is 0 Å². The predicted octanol–water partition coefficient (Wildman–Crippen LogP) is 12.4. The van der Waals surface area contributed by atoms with Gasteiger partial charge >= 0.3 is 0 Å². The van der Waals surface area contributed by atoms with Gasteiger partial charge in [-0.25, -0.2) is 0 Å². The van der Waals surface area contributed by atoms with E-state index in [0.29, 0.717) is 0 Å². The van der Waals surface area contributed by atoms with Crippen molar-refractivity contribution in [3.05, 3.63) is 181 Å². The van der Waals surface area contributed by atoms with Crippen molar-refractivity contribution in [3.8, 4) is 50.3 Å². The Morgan fingerprint density at radius 3 is 2.10 bits per heavy atom. The number of benzene rings is 7. The molecule has 0 spiro atoms. The first-order valence-electron chi connectivity index (χ1n) is 17.3. The number of hydrogen-bond donors (Lipinski definition) is 0. The van der Waals surface area contributed by atoms with E-state index in [1.54, 1.807) is 0 Å². The number of pyridine rings is 1. The molecule has 0 atom stereocenters. The Bertz CT molecular complexity index is 2770. The van der Waals surface area contributed by atoms with Crippen LogP contribution in [-0.2, 0) is 25.5 Å². The minimum atomic E-state index is -0.0870. The van der Waals surface area contributed by atoms with Gasteiger partial charge in [-0.1, -0.05) is 111 Å². The molecule has 7 aromatic carbocycles. The van der Waals surface area contributed by atoms with E-state index < -0.39 is 0 Å². The molecule has 0 bridgehead atoms. The van der Waals surface area contributed by atoms with E-state index in [2.05, 4.69) is 176 Å². The summed E-state index contributed by atoms with van der Waals surface area (Å²) in [5.74, 6) is 0. The first-order valence-corrected chi connectivity index (χ1v) is 17.3. The van der Waals surface area contributed by atoms with Crippen LogP contribution in [0, 0.1) is 6.07 Å². The van der Waals surface area contributed by atoms with E-state index in [4.69, 9.17) is 4.98 Å². The van der Waals surface area contributed by atoms with Crippen LogP contribution in [0.15, 0.2) is 164 Å². The molecule has 51 heavy (non-hydrogen) atoms. The summed E-state index contributed by atoms with van der Waals surface area (Å²) in [5, 5.41) is 4.82. The fourth-order valence-electron chi connectivity index (χ4n) is 8.22. The van der Waals surface area contributed by atoms with Gasteiger partial charge in [0, 0.05) is 48.2 Å². The van der Waals surface area contributed by atoms with Crippen molar-refractivity contribution in [1.82, 2.24) is 9.55 Å². The monoisotopic (exact) mass is 830 g/mol. The third-order valence-corrected chi connectivity index (χ3v) is 10.8. The molecule has 0 saturated carbocycles. The van der Waals surface area contributed by atoms with E-state index in [0.717, 1.165) is 27.9 Å². The van der Waals surface area contributed by atoms with Gasteiger partial charge < -0.3 is 9.55 Å². The Labute approximate surface area is 311 Å². The summed E-state index contributed by atoms with van der Waals surface area (Å²) in [4.78, 5) is 4.79. The van der Waals surface area contributed by atoms with Crippen LogP contribution in [-0.4, -0.2) is 9.55 Å². The summed E-state index contributed by atoms with van der Waals surface area (Å²) in [5.41, 5.74) is 15.7. The maximum Gasteiger partial charge on any atom is 0.0544 e. The molecule has 0 unspecified atom stereocenters. The fourth-order valence-corrected chi connectivity index (χ4v) is 8.22. The van der Waals surface area contributed by atoms with Gasteiger partial charge in [0.15, 0.2) is 0 Å². The molecular formula is C48H33IrN2-. The van der Waals surface area contributed by atoms with E-state index in [9.17, 15) is 0 Å². The molecule has 1 aliphatic rings. The van der Waals surface area contributed by atoms with Crippen LogP contribution >= 0.6 is 0 Å². The molecule has 2 nitrogen and oxygen atoms in total. The van der Waals surface area contributed by atoms with Crippen molar-refractivity contribution in [1.29, 1.82) is 0 Å². The Kier molecular flexibility index (Phi) is 7.40. The molecule has 0 saturated heterocycles. The van der Waals surface area contributed by atoms with Crippen LogP contribution in [0.2, 0.25) is 0 Å². The molecule has 1 aliphatic carbocycles. The van der Waals surface area contributed by atoms with E-state index in [1.165, 1.54) is 66.1 Å². The van der Waals surface area contributed by atoms with Crippen LogP contribution in [0.3, 0.4) is 0 Å². The zero-order chi connectivity index (χ0) is 33.4. The standard InChI is InChI=1S/C48H33N2.Ir/c1-48(2)43-18-9-8-17-39(43)40-29-42-41-28-35(34-14-10-15-36(27-34)47-38-16-7-6-13-33(38)25-26-49-47)21-24-45(41)50(46(42)30-44(40)48)37-22-19-32(20-23-37)31-11-4-3-5-12-31;/h3-14,16-30H,1-2H3;/q-1;. The topological polar surface area (TPSA) is 17.8 Å². The molecule has 0 amide bonds. The zero-order valence-corrected chi connectivity index (χ0v) is 30.7. The van der Waals surface area contributed by atoms with Crippen LogP contribution in [0.25, 0.3) is 82.9 Å². The van der Waals surface area contributed by atoms with Crippen molar-refractivity contribution in [2.45, 2.75) is 19.3 Å². The van der Waals surface area contributed by atoms with Gasteiger partial charge in [-0.05, 0) is 97.9 Å². The summed E-state index contributed by atoms with van der Waals surface area (Å²) < 4.78 is 2.45. The molecule has 0 fully saturated rings. The molecule has 10 rings (SSSR count). The summed E-state index contributed by atoms with van der Waals surface area (Å²) in [7, 11) is 0. The van der Waals surface area contributed by atoms with Crippen LogP contribution in [0.4, 0.5) is 0 Å². The Hall–Kier alpha value is -5.60. The second kappa shape index (κ2) is 12.0. The van der Waals surface area contributed by atoms with E-state index in [-0.39, 0.29) is 25.5 Å². The van der Waals surface area contributed by atoms with Gasteiger partial charge in [0.2, 0.25) is 0 Å². The number of hydrogen-bond acceptors (Lipinski definition) is 1. The largest absolute Gasteiger partial charge is 0.309 e. The SMILES string of the molecule is CC1(C)c2ccccc2-c2cc3c4cc(-c5cc[c-]c(-c6nccc7ccccc67)c5)ccc4n(-c4ccc(-c5ccccc5)cc4)c3cc21.[Ir]. The molecule has 2 heterocycles. The van der Waals surface area contributed by atoms with Crippen molar-refractivity contribution < 1.29 is 20.1 Å². The smallest absolute Gasteiger partial charge is 0.0544 e. The maximum absolute atomic E-state index is 4.79. The number of nitrogens with zero attached hydrogens (tertiary/aromatic N) is 2. The summed E-state index contributed by atoms with van der Waals surface area (Å²) in [6.07, 6.45) is 1.89. The second-order valence-corrected chi connectivity index (χ2v) is 13.9. The molecule has 0 N–H and O–H groups in total. The molecule has 1 radical (unpaired) electrons. The molecule has 245 valence electrons. The first kappa shape index (κ1) is 31.4. The maximum atomic E-state index is 4.79. The van der Waals surface area contributed by atoms with E-state index in [1.807, 2.05) is 12.3 Å². The van der Waals surface area contributed by atoms with Gasteiger partial charge in [-0.2, -0.15) is 0 Å². The van der Waals surface area contributed by atoms with Crippen molar-refractivity contribution in [3.63, 3.8) is 0 Å². The third kappa shape index (κ3) is 4.92. The van der Waals surface area contributed by atoms with Gasteiger partial charge in [-0.3, -0.25) is 0 Å². The van der Waals surface area contributed by atoms with E-state index >= 15 is 0 Å². The normalized spacial score (nSPS) is 12.9. The predicted molar refractivity (Wildman–Crippen MR) is 209 cm³/mol. The average Bonchev–Trinajstić information content (AvgIpc) is 3.61. The second-order valence-electron chi connectivity index (χ2n) is 13.9. The van der Waals surface area contributed by atoms with Gasteiger partial charge in [0.1, 0.15) is 0 Å². The zero-order valence-electron chi connectivity index (χ0n) is 28.3. The van der Waals surface area contributed by atoms with Gasteiger partial charge in [0.25, 0.3) is 0 Å². The Balaban J connectivity index is 0.00000348. The average molecular weight is 830 g/mol. The summed E-state index contributed by atoms with van der Waals surface area (Å²) in [6, 6.07) is 60.8. The van der Waals surface area contributed by atoms with Crippen molar-refractivity contribution in [2.75, 3.05) is 0 Å². The number of rotatable bonds is 4. The Morgan fingerprint density at radius 2 is 1.24 bits per heavy atom. The molecular weight excluding hydrogens is 797 g/mol. The molecule has 3 heteroatoms. The van der Waals surface area contributed by atoms with Crippen molar-refractivity contribution in [2.24, 2.45) is 0 Å². The Morgan fingerprint density at radius 1 is 0.529 bits per heavy atom.